The van der Waals surface area contributed by atoms with Crippen LogP contribution in [0.2, 0.25) is 0 Å². The van der Waals surface area contributed by atoms with E-state index in [0.29, 0.717) is 0 Å². The molecule has 2 fully saturated rings. The van der Waals surface area contributed by atoms with Crippen LogP contribution in [0.15, 0.2) is 259 Å². The van der Waals surface area contributed by atoms with Gasteiger partial charge in [-0.15, -0.1) is 0 Å². The van der Waals surface area contributed by atoms with Crippen molar-refractivity contribution in [3.8, 4) is 0 Å². The summed E-state index contributed by atoms with van der Waals surface area (Å²) in [5.74, 6) is 0. The van der Waals surface area contributed by atoms with Crippen LogP contribution in [0.25, 0.3) is 5.57 Å². The van der Waals surface area contributed by atoms with Crippen molar-refractivity contribution in [1.82, 2.24) is 19.9 Å². The third-order valence-corrected chi connectivity index (χ3v) is 21.7. The monoisotopic (exact) mass is 1710 g/mol. The van der Waals surface area contributed by atoms with E-state index in [4.69, 9.17) is 38.8 Å². The molecule has 7 aromatic carbocycles. The fraction of sp³-hybridized carbons (Fsp3) is 0.190. The van der Waals surface area contributed by atoms with Gasteiger partial charge in [-0.25, -0.2) is 0 Å². The summed E-state index contributed by atoms with van der Waals surface area (Å²) < 4.78 is 5.09. The van der Waals surface area contributed by atoms with E-state index < -0.39 is 27.0 Å². The zero-order chi connectivity index (χ0) is 72.1. The molecule has 6 heterocycles. The Balaban J connectivity index is 0.000000170. The smallest absolute Gasteiger partial charge is 0.0267 e. The van der Waals surface area contributed by atoms with Crippen molar-refractivity contribution in [3.05, 3.63) is 361 Å². The molecule has 14 rings (SSSR count). The average Bonchev–Trinajstić information content (AvgIpc) is 1.63. The van der Waals surface area contributed by atoms with Crippen molar-refractivity contribution in [1.29, 1.82) is 0 Å². The largest absolute Gasteiger partial charge is 0.265 e. The normalized spacial score (nSPS) is 12.6. The van der Waals surface area contributed by atoms with E-state index in [-0.39, 0.29) is 0 Å². The number of hydrogen-bond acceptors (Lipinski definition) is 8. The van der Waals surface area contributed by atoms with Crippen LogP contribution in [0.4, 0.5) is 22.7 Å². The SMILES string of the molecule is Brc1cccnc1.Brc1cccnc1.Cc1cc(C)c(N2[CH-]N(c3c(C)cc(C)cc3C)CC2)c(C)c1.Cc1cc(C)c(N2[CH-]N(c3c(C)cc(C)cc3C)CC2)c(C)c1.[Cl][Ru]([Cl])=[CH]c1ccccc1.[Cl][Ru]([Cl])=[C]1C=C(c2ccccc2)c2ccccc21.c1ccncc1.c1ccncc1. The first-order valence-corrected chi connectivity index (χ1v) is 45.0. The van der Waals surface area contributed by atoms with E-state index in [1.165, 1.54) is 112 Å². The summed E-state index contributed by atoms with van der Waals surface area (Å²) in [5, 5.41) is 0. The van der Waals surface area contributed by atoms with Gasteiger partial charge in [-0.2, -0.15) is 13.3 Å². The number of fused-ring (bicyclic) bond motifs is 1. The number of allylic oxidation sites excluding steroid dienone is 1. The van der Waals surface area contributed by atoms with Crippen LogP contribution in [0, 0.1) is 96.4 Å². The zero-order valence-electron chi connectivity index (χ0n) is 58.8. The number of anilines is 4. The molecule has 8 nitrogen and oxygen atoms in total. The molecule has 11 aromatic rings. The van der Waals surface area contributed by atoms with E-state index in [9.17, 15) is 0 Å². The summed E-state index contributed by atoms with van der Waals surface area (Å²) >= 11 is 3.00. The minimum atomic E-state index is -1.88. The predicted octanol–water partition coefficient (Wildman–Crippen LogP) is 23.2. The van der Waals surface area contributed by atoms with E-state index in [1.807, 2.05) is 120 Å². The Morgan fingerprint density at radius 2 is 0.660 bits per heavy atom. The van der Waals surface area contributed by atoms with Gasteiger partial charge in [0, 0.05) is 107 Å². The minimum Gasteiger partial charge on any atom is -0.265 e. The molecular formula is C84H88Br2Cl4N8Ru2-2. The fourth-order valence-electron chi connectivity index (χ4n) is 12.3. The van der Waals surface area contributed by atoms with Crippen molar-refractivity contribution in [3.63, 3.8) is 0 Å². The van der Waals surface area contributed by atoms with Gasteiger partial charge in [0.15, 0.2) is 0 Å². The second-order valence-electron chi connectivity index (χ2n) is 24.1. The Hall–Kier alpha value is -6.81. The van der Waals surface area contributed by atoms with Gasteiger partial charge in [-0.05, 0) is 208 Å². The topological polar surface area (TPSA) is 64.5 Å². The molecule has 100 heavy (non-hydrogen) atoms. The Labute approximate surface area is 638 Å². The Morgan fingerprint density at radius 3 is 0.920 bits per heavy atom. The number of nitrogens with zero attached hydrogens (tertiary/aromatic N) is 8. The molecule has 2 aliphatic heterocycles. The van der Waals surface area contributed by atoms with Gasteiger partial charge in [-0.1, -0.05) is 82.9 Å². The minimum absolute atomic E-state index is 1.02. The van der Waals surface area contributed by atoms with Crippen LogP contribution in [-0.4, -0.2) is 54.8 Å². The van der Waals surface area contributed by atoms with Crippen molar-refractivity contribution in [2.45, 2.75) is 83.1 Å². The second kappa shape index (κ2) is 41.9. The van der Waals surface area contributed by atoms with Gasteiger partial charge >= 0.3 is 193 Å². The Morgan fingerprint density at radius 1 is 0.360 bits per heavy atom. The fourth-order valence-corrected chi connectivity index (χ4v) is 17.1. The van der Waals surface area contributed by atoms with Crippen LogP contribution in [0.3, 0.4) is 0 Å². The third-order valence-electron chi connectivity index (χ3n) is 15.8. The average molecular weight is 1710 g/mol. The standard InChI is InChI=1S/2C21H27N2.C15H10.C7H6.2C5H4BrN.2C5H5N.4ClH.2Ru/c2*1-14-9-16(3)20(17(4)10-14)22-7-8-23(13-22)21-18(5)11-15(2)12-19(21)6;1-2-6-12(7-3-1)15-11-10-13-8-4-5-9-14(13)15;1-7-5-3-2-4-6-7;2*6-5-2-1-3-7-4-5;2*1-2-4-6-5-3-1;;;;;;/h2*9-13H,7-8H2,1-6H3;1-9,11H;1-6H;2*1-4H;2*1-5H;4*1H;;/q2*-1;;;;;;;;;;;2*+2/p-4. The molecule has 0 bridgehead atoms. The van der Waals surface area contributed by atoms with Crippen LogP contribution in [-0.2, 0) is 27.0 Å². The molecule has 4 aromatic heterocycles. The van der Waals surface area contributed by atoms with Crippen molar-refractivity contribution >= 4 is 108 Å². The first-order valence-electron chi connectivity index (χ1n) is 32.6. The summed E-state index contributed by atoms with van der Waals surface area (Å²) in [6, 6.07) is 65.9. The van der Waals surface area contributed by atoms with Crippen molar-refractivity contribution in [2.75, 3.05) is 45.8 Å². The molecule has 3 aliphatic rings. The molecule has 524 valence electrons. The molecule has 0 spiro atoms. The molecule has 0 N–H and O–H groups in total. The molecule has 1 aliphatic carbocycles. The molecule has 0 atom stereocenters. The molecule has 0 radical (unpaired) electrons. The summed E-state index contributed by atoms with van der Waals surface area (Å²) in [5.41, 5.74) is 27.7. The number of aromatic nitrogens is 4. The van der Waals surface area contributed by atoms with Crippen LogP contribution >= 0.6 is 70.6 Å². The second-order valence-corrected chi connectivity index (χ2v) is 37.5. The van der Waals surface area contributed by atoms with Crippen molar-refractivity contribution < 1.29 is 27.0 Å². The van der Waals surface area contributed by atoms with E-state index in [0.717, 1.165) is 44.8 Å². The summed E-state index contributed by atoms with van der Waals surface area (Å²) in [6.07, 6.45) is 16.1. The predicted molar refractivity (Wildman–Crippen MR) is 432 cm³/mol. The van der Waals surface area contributed by atoms with Crippen LogP contribution in [0.1, 0.15) is 89.0 Å². The molecular weight excluding hydrogens is 1620 g/mol. The van der Waals surface area contributed by atoms with Gasteiger partial charge in [-0.3, -0.25) is 19.9 Å². The Kier molecular flexibility index (Phi) is 33.8. The van der Waals surface area contributed by atoms with E-state index >= 15 is 0 Å². The third kappa shape index (κ3) is 25.6. The number of halogens is 6. The number of rotatable bonds is 6. The maximum atomic E-state index is 6.19. The first-order chi connectivity index (χ1) is 48.1. The van der Waals surface area contributed by atoms with Gasteiger partial charge in [0.25, 0.3) is 0 Å². The summed E-state index contributed by atoms with van der Waals surface area (Å²) in [6.45, 7) is 35.1. The number of aryl methyl sites for hydroxylation is 12. The van der Waals surface area contributed by atoms with Gasteiger partial charge < -0.3 is 19.6 Å². The summed E-state index contributed by atoms with van der Waals surface area (Å²) in [4.78, 5) is 24.9. The van der Waals surface area contributed by atoms with Crippen LogP contribution < -0.4 is 19.6 Å². The maximum absolute atomic E-state index is 6.19. The molecule has 0 amide bonds. The molecule has 16 heteroatoms. The van der Waals surface area contributed by atoms with Crippen molar-refractivity contribution in [2.24, 2.45) is 0 Å². The van der Waals surface area contributed by atoms with Gasteiger partial charge in [0.05, 0.1) is 0 Å². The van der Waals surface area contributed by atoms with E-state index in [2.05, 4.69) is 253 Å². The van der Waals surface area contributed by atoms with Crippen LogP contribution in [0.5, 0.6) is 0 Å². The molecule has 0 unspecified atom stereocenters. The Bertz CT molecular complexity index is 3960. The maximum Gasteiger partial charge on any atom is 0.0267 e. The quantitative estimate of drug-likeness (QED) is 0.121. The van der Waals surface area contributed by atoms with E-state index in [1.54, 1.807) is 49.6 Å². The number of pyridine rings is 4. The summed E-state index contributed by atoms with van der Waals surface area (Å²) in [7, 11) is 23.7. The number of benzene rings is 7. The molecule has 2 saturated heterocycles. The van der Waals surface area contributed by atoms with Gasteiger partial charge in [0.2, 0.25) is 0 Å². The first kappa shape index (κ1) is 80.5. The molecule has 0 saturated carbocycles. The van der Waals surface area contributed by atoms with Gasteiger partial charge in [0.1, 0.15) is 0 Å². The number of hydrogen-bond donors (Lipinski definition) is 0. The zero-order valence-corrected chi connectivity index (χ0v) is 68.5.